The van der Waals surface area contributed by atoms with E-state index in [2.05, 4.69) is 61.0 Å². The summed E-state index contributed by atoms with van der Waals surface area (Å²) in [5.74, 6) is 0. The van der Waals surface area contributed by atoms with Crippen LogP contribution in [0.2, 0.25) is 5.02 Å². The van der Waals surface area contributed by atoms with Gasteiger partial charge >= 0.3 is 0 Å². The van der Waals surface area contributed by atoms with Gasteiger partial charge < -0.3 is 5.32 Å². The van der Waals surface area contributed by atoms with Crippen LogP contribution in [0.15, 0.2) is 47.4 Å². The molecular formula is C18H22ClNS. The molecule has 0 aliphatic heterocycles. The van der Waals surface area contributed by atoms with Gasteiger partial charge in [-0.25, -0.2) is 0 Å². The number of hydrogen-bond donors (Lipinski definition) is 1. The van der Waals surface area contributed by atoms with Gasteiger partial charge in [-0.15, -0.1) is 11.8 Å². The number of nitrogens with one attached hydrogen (secondary N) is 1. The summed E-state index contributed by atoms with van der Waals surface area (Å²) in [5, 5.41) is 4.45. The molecule has 2 aromatic carbocycles. The molecule has 0 saturated heterocycles. The summed E-state index contributed by atoms with van der Waals surface area (Å²) in [6, 6.07) is 15.3. The molecule has 0 saturated carbocycles. The first-order chi connectivity index (χ1) is 10.2. The van der Waals surface area contributed by atoms with Crippen LogP contribution in [0, 0.1) is 6.92 Å². The molecule has 0 radical (unpaired) electrons. The van der Waals surface area contributed by atoms with Crippen molar-refractivity contribution in [1.82, 2.24) is 5.32 Å². The molecule has 0 bridgehead atoms. The molecule has 21 heavy (non-hydrogen) atoms. The zero-order chi connectivity index (χ0) is 15.2. The SMILES string of the molecule is CCCNC(c1ccc(SC)cc1)c1ccc(C)c(Cl)c1. The van der Waals surface area contributed by atoms with E-state index >= 15 is 0 Å². The number of hydrogen-bond acceptors (Lipinski definition) is 2. The lowest BCUT2D eigenvalue weighted by atomic mass is 9.97. The Morgan fingerprint density at radius 2 is 1.76 bits per heavy atom. The van der Waals surface area contributed by atoms with Crippen molar-refractivity contribution in [3.8, 4) is 0 Å². The number of thioether (sulfide) groups is 1. The molecule has 112 valence electrons. The maximum Gasteiger partial charge on any atom is 0.0577 e. The molecule has 0 aliphatic rings. The van der Waals surface area contributed by atoms with Crippen LogP contribution < -0.4 is 5.32 Å². The second-order valence-electron chi connectivity index (χ2n) is 5.17. The molecule has 2 rings (SSSR count). The lowest BCUT2D eigenvalue weighted by Gasteiger charge is -2.20. The summed E-state index contributed by atoms with van der Waals surface area (Å²) in [6.07, 6.45) is 3.21. The normalized spacial score (nSPS) is 12.4. The Hall–Kier alpha value is -0.960. The van der Waals surface area contributed by atoms with Gasteiger partial charge in [0, 0.05) is 9.92 Å². The average Bonchev–Trinajstić information content (AvgIpc) is 2.51. The van der Waals surface area contributed by atoms with Crippen molar-refractivity contribution in [1.29, 1.82) is 0 Å². The summed E-state index contributed by atoms with van der Waals surface area (Å²) in [5.41, 5.74) is 3.62. The number of aryl methyl sites for hydroxylation is 1. The lowest BCUT2D eigenvalue weighted by molar-refractivity contribution is 0.598. The minimum Gasteiger partial charge on any atom is -0.306 e. The molecule has 2 aromatic rings. The first kappa shape index (κ1) is 16.4. The van der Waals surface area contributed by atoms with Crippen molar-refractivity contribution >= 4 is 23.4 Å². The topological polar surface area (TPSA) is 12.0 Å². The van der Waals surface area contributed by atoms with E-state index in [4.69, 9.17) is 11.6 Å². The Bertz CT molecular complexity index is 580. The molecule has 0 fully saturated rings. The summed E-state index contributed by atoms with van der Waals surface area (Å²) in [4.78, 5) is 1.29. The Balaban J connectivity index is 2.33. The Morgan fingerprint density at radius 3 is 2.33 bits per heavy atom. The van der Waals surface area contributed by atoms with E-state index in [1.807, 2.05) is 6.92 Å². The fraction of sp³-hybridized carbons (Fsp3) is 0.333. The van der Waals surface area contributed by atoms with Crippen molar-refractivity contribution in [3.63, 3.8) is 0 Å². The van der Waals surface area contributed by atoms with Crippen LogP contribution in [0.5, 0.6) is 0 Å². The minimum atomic E-state index is 0.193. The molecular weight excluding hydrogens is 298 g/mol. The van der Waals surface area contributed by atoms with Gasteiger partial charge in [-0.3, -0.25) is 0 Å². The summed E-state index contributed by atoms with van der Waals surface area (Å²) >= 11 is 8.06. The molecule has 1 N–H and O–H groups in total. The van der Waals surface area contributed by atoms with E-state index in [-0.39, 0.29) is 6.04 Å². The summed E-state index contributed by atoms with van der Waals surface area (Å²) < 4.78 is 0. The van der Waals surface area contributed by atoms with E-state index in [1.54, 1.807) is 11.8 Å². The van der Waals surface area contributed by atoms with Crippen LogP contribution in [-0.4, -0.2) is 12.8 Å². The van der Waals surface area contributed by atoms with Gasteiger partial charge in [0.2, 0.25) is 0 Å². The predicted molar refractivity (Wildman–Crippen MR) is 94.5 cm³/mol. The lowest BCUT2D eigenvalue weighted by Crippen LogP contribution is -2.23. The summed E-state index contributed by atoms with van der Waals surface area (Å²) in [7, 11) is 0. The molecule has 0 aromatic heterocycles. The van der Waals surface area contributed by atoms with Crippen LogP contribution in [-0.2, 0) is 0 Å². The van der Waals surface area contributed by atoms with Gasteiger partial charge in [0.05, 0.1) is 6.04 Å². The third-order valence-electron chi connectivity index (χ3n) is 3.58. The van der Waals surface area contributed by atoms with Gasteiger partial charge in [-0.2, -0.15) is 0 Å². The molecule has 1 atom stereocenters. The molecule has 1 nitrogen and oxygen atoms in total. The Morgan fingerprint density at radius 1 is 1.10 bits per heavy atom. The van der Waals surface area contributed by atoms with Gasteiger partial charge in [-0.1, -0.05) is 42.8 Å². The van der Waals surface area contributed by atoms with Crippen molar-refractivity contribution in [2.24, 2.45) is 0 Å². The fourth-order valence-electron chi connectivity index (χ4n) is 2.30. The van der Waals surface area contributed by atoms with Crippen LogP contribution in [0.1, 0.15) is 36.1 Å². The van der Waals surface area contributed by atoms with E-state index in [0.29, 0.717) is 0 Å². The Labute approximate surface area is 137 Å². The smallest absolute Gasteiger partial charge is 0.0577 e. The second kappa shape index (κ2) is 7.88. The third kappa shape index (κ3) is 4.26. The third-order valence-corrected chi connectivity index (χ3v) is 4.73. The number of halogens is 1. The first-order valence-electron chi connectivity index (χ1n) is 7.29. The zero-order valence-electron chi connectivity index (χ0n) is 12.8. The highest BCUT2D eigenvalue weighted by molar-refractivity contribution is 7.98. The van der Waals surface area contributed by atoms with Gasteiger partial charge in [0.25, 0.3) is 0 Å². The highest BCUT2D eigenvalue weighted by atomic mass is 35.5. The average molecular weight is 320 g/mol. The second-order valence-corrected chi connectivity index (χ2v) is 6.46. The van der Waals surface area contributed by atoms with Gasteiger partial charge in [0.1, 0.15) is 0 Å². The standard InChI is InChI=1S/C18H22ClNS/c1-4-11-20-18(14-7-9-16(21-3)10-8-14)15-6-5-13(2)17(19)12-15/h5-10,12,18,20H,4,11H2,1-3H3. The van der Waals surface area contributed by atoms with Crippen LogP contribution in [0.25, 0.3) is 0 Å². The predicted octanol–water partition coefficient (Wildman–Crippen LogP) is 5.46. The monoisotopic (exact) mass is 319 g/mol. The van der Waals surface area contributed by atoms with Crippen molar-refractivity contribution in [2.75, 3.05) is 12.8 Å². The highest BCUT2D eigenvalue weighted by Crippen LogP contribution is 2.27. The zero-order valence-corrected chi connectivity index (χ0v) is 14.4. The minimum absolute atomic E-state index is 0.193. The molecule has 0 aliphatic carbocycles. The van der Waals surface area contributed by atoms with E-state index in [9.17, 15) is 0 Å². The maximum atomic E-state index is 6.30. The molecule has 0 spiro atoms. The van der Waals surface area contributed by atoms with Crippen molar-refractivity contribution in [3.05, 3.63) is 64.2 Å². The number of rotatable bonds is 6. The van der Waals surface area contributed by atoms with Crippen molar-refractivity contribution in [2.45, 2.75) is 31.2 Å². The highest BCUT2D eigenvalue weighted by Gasteiger charge is 2.14. The molecule has 1 unspecified atom stereocenters. The Kier molecular flexibility index (Phi) is 6.16. The molecule has 0 heterocycles. The van der Waals surface area contributed by atoms with E-state index < -0.39 is 0 Å². The molecule has 0 amide bonds. The van der Waals surface area contributed by atoms with Gasteiger partial charge in [-0.05, 0) is 61.0 Å². The number of benzene rings is 2. The van der Waals surface area contributed by atoms with Crippen molar-refractivity contribution < 1.29 is 0 Å². The first-order valence-corrected chi connectivity index (χ1v) is 8.89. The van der Waals surface area contributed by atoms with Gasteiger partial charge in [0.15, 0.2) is 0 Å². The van der Waals surface area contributed by atoms with E-state index in [0.717, 1.165) is 23.6 Å². The van der Waals surface area contributed by atoms with Crippen LogP contribution >= 0.6 is 23.4 Å². The van der Waals surface area contributed by atoms with Crippen LogP contribution in [0.4, 0.5) is 0 Å². The van der Waals surface area contributed by atoms with Crippen LogP contribution in [0.3, 0.4) is 0 Å². The molecule has 3 heteroatoms. The fourth-order valence-corrected chi connectivity index (χ4v) is 2.90. The maximum absolute atomic E-state index is 6.30. The quantitative estimate of drug-likeness (QED) is 0.710. The summed E-state index contributed by atoms with van der Waals surface area (Å²) in [6.45, 7) is 5.21. The largest absolute Gasteiger partial charge is 0.306 e. The van der Waals surface area contributed by atoms with E-state index in [1.165, 1.54) is 16.0 Å².